The zero-order chi connectivity index (χ0) is 18.7. The Morgan fingerprint density at radius 3 is 2.88 bits per heavy atom. The predicted octanol–water partition coefficient (Wildman–Crippen LogP) is 2.27. The number of pyridine rings is 1. The molecule has 3 N–H and O–H groups in total. The fourth-order valence-electron chi connectivity index (χ4n) is 2.32. The van der Waals surface area contributed by atoms with Gasteiger partial charge in [0.1, 0.15) is 11.6 Å². The molecule has 2 heterocycles. The van der Waals surface area contributed by atoms with E-state index in [1.807, 2.05) is 0 Å². The molecule has 0 saturated carbocycles. The number of nitrogens with one attached hydrogen (secondary N) is 3. The summed E-state index contributed by atoms with van der Waals surface area (Å²) >= 11 is 0. The van der Waals surface area contributed by atoms with Crippen molar-refractivity contribution < 1.29 is 27.5 Å². The number of hydrogen-bond acceptors (Lipinski definition) is 5. The molecule has 7 nitrogen and oxygen atoms in total. The molecule has 0 aliphatic carbocycles. The molecule has 1 aliphatic heterocycles. The zero-order valence-corrected chi connectivity index (χ0v) is 13.2. The molecular formula is C16H13F3N4O3. The summed E-state index contributed by atoms with van der Waals surface area (Å²) in [5.74, 6) is -0.646. The van der Waals surface area contributed by atoms with Crippen LogP contribution in [0.25, 0.3) is 0 Å². The number of rotatable bonds is 4. The van der Waals surface area contributed by atoms with E-state index < -0.39 is 12.3 Å². The highest BCUT2D eigenvalue weighted by molar-refractivity contribution is 6.02. The van der Waals surface area contributed by atoms with Crippen molar-refractivity contribution in [3.8, 4) is 5.75 Å². The summed E-state index contributed by atoms with van der Waals surface area (Å²) in [4.78, 5) is 27.6. The highest BCUT2D eigenvalue weighted by Gasteiger charge is 2.31. The maximum Gasteiger partial charge on any atom is 0.573 e. The minimum Gasteiger partial charge on any atom is -0.406 e. The van der Waals surface area contributed by atoms with Crippen molar-refractivity contribution in [2.75, 3.05) is 17.2 Å². The maximum absolute atomic E-state index is 12.2. The van der Waals surface area contributed by atoms with E-state index in [0.29, 0.717) is 17.1 Å². The van der Waals surface area contributed by atoms with Crippen molar-refractivity contribution >= 4 is 23.3 Å². The Labute approximate surface area is 145 Å². The number of ether oxygens (including phenoxy) is 1. The molecule has 0 unspecified atom stereocenters. The van der Waals surface area contributed by atoms with E-state index >= 15 is 0 Å². The minimum atomic E-state index is -4.78. The van der Waals surface area contributed by atoms with Crippen LogP contribution >= 0.6 is 0 Å². The number of fused-ring (bicyclic) bond motifs is 1. The Morgan fingerprint density at radius 1 is 1.31 bits per heavy atom. The number of carbonyl (C=O) groups is 2. The molecule has 0 saturated heterocycles. The van der Waals surface area contributed by atoms with Crippen LogP contribution in [0.1, 0.15) is 15.9 Å². The normalized spacial score (nSPS) is 13.3. The van der Waals surface area contributed by atoms with Crippen LogP contribution in [0, 0.1) is 0 Å². The van der Waals surface area contributed by atoms with Gasteiger partial charge in [-0.1, -0.05) is 12.1 Å². The lowest BCUT2D eigenvalue weighted by atomic mass is 10.2. The van der Waals surface area contributed by atoms with Crippen LogP contribution in [0.3, 0.4) is 0 Å². The number of carbonyl (C=O) groups excluding carboxylic acids is 2. The van der Waals surface area contributed by atoms with Crippen molar-refractivity contribution in [2.24, 2.45) is 0 Å². The van der Waals surface area contributed by atoms with Gasteiger partial charge < -0.3 is 20.7 Å². The maximum atomic E-state index is 12.2. The summed E-state index contributed by atoms with van der Waals surface area (Å²) in [6.07, 6.45) is -3.45. The highest BCUT2D eigenvalue weighted by Crippen LogP contribution is 2.24. The zero-order valence-electron chi connectivity index (χ0n) is 13.2. The van der Waals surface area contributed by atoms with Crippen LogP contribution in [0.5, 0.6) is 5.75 Å². The minimum absolute atomic E-state index is 0.00438. The van der Waals surface area contributed by atoms with Crippen LogP contribution in [0.15, 0.2) is 36.5 Å². The standard InChI is InChI=1S/C16H13F3N4O3/c17-16(18,19)26-11-3-1-2-9(4-11)6-22-15(25)10-5-12-14(20-7-10)21-8-13(24)23-12/h1-5,7H,6,8H2,(H,20,21)(H,22,25)(H,23,24). The Hall–Kier alpha value is -3.30. The number of anilines is 2. The highest BCUT2D eigenvalue weighted by atomic mass is 19.4. The monoisotopic (exact) mass is 366 g/mol. The second-order valence-corrected chi connectivity index (χ2v) is 5.40. The van der Waals surface area contributed by atoms with Gasteiger partial charge in [-0.2, -0.15) is 0 Å². The number of amides is 2. The molecule has 0 spiro atoms. The van der Waals surface area contributed by atoms with Gasteiger partial charge >= 0.3 is 6.36 Å². The number of alkyl halides is 3. The van der Waals surface area contributed by atoms with Gasteiger partial charge in [-0.25, -0.2) is 4.98 Å². The molecule has 3 rings (SSSR count). The first-order valence-corrected chi connectivity index (χ1v) is 7.47. The van der Waals surface area contributed by atoms with Gasteiger partial charge in [0, 0.05) is 12.7 Å². The van der Waals surface area contributed by atoms with E-state index in [1.165, 1.54) is 30.5 Å². The molecule has 26 heavy (non-hydrogen) atoms. The lowest BCUT2D eigenvalue weighted by Gasteiger charge is -2.18. The van der Waals surface area contributed by atoms with Crippen LogP contribution in [-0.4, -0.2) is 29.7 Å². The topological polar surface area (TPSA) is 92.4 Å². The number of nitrogens with zero attached hydrogens (tertiary/aromatic N) is 1. The summed E-state index contributed by atoms with van der Waals surface area (Å²) in [5, 5.41) is 7.97. The van der Waals surface area contributed by atoms with Crippen molar-refractivity contribution in [1.82, 2.24) is 10.3 Å². The average Bonchev–Trinajstić information content (AvgIpc) is 2.58. The summed E-state index contributed by atoms with van der Waals surface area (Å²) < 4.78 is 40.6. The third kappa shape index (κ3) is 4.41. The summed E-state index contributed by atoms with van der Waals surface area (Å²) in [7, 11) is 0. The third-order valence-corrected chi connectivity index (χ3v) is 3.43. The smallest absolute Gasteiger partial charge is 0.406 e. The molecule has 1 aliphatic rings. The quantitative estimate of drug-likeness (QED) is 0.772. The Balaban J connectivity index is 1.65. The first kappa shape index (κ1) is 17.5. The van der Waals surface area contributed by atoms with E-state index in [-0.39, 0.29) is 30.3 Å². The summed E-state index contributed by atoms with van der Waals surface area (Å²) in [5.41, 5.74) is 1.02. The molecule has 1 aromatic heterocycles. The lowest BCUT2D eigenvalue weighted by Crippen LogP contribution is -2.29. The van der Waals surface area contributed by atoms with Gasteiger partial charge in [0.05, 0.1) is 17.8 Å². The Bertz CT molecular complexity index is 855. The van der Waals surface area contributed by atoms with Gasteiger partial charge in [0.25, 0.3) is 5.91 Å². The molecule has 0 bridgehead atoms. The lowest BCUT2D eigenvalue weighted by molar-refractivity contribution is -0.274. The van der Waals surface area contributed by atoms with Gasteiger partial charge in [-0.15, -0.1) is 13.2 Å². The van der Waals surface area contributed by atoms with Gasteiger partial charge in [-0.05, 0) is 23.8 Å². The van der Waals surface area contributed by atoms with E-state index in [4.69, 9.17) is 0 Å². The van der Waals surface area contributed by atoms with Gasteiger partial charge in [-0.3, -0.25) is 9.59 Å². The molecule has 10 heteroatoms. The van der Waals surface area contributed by atoms with Crippen LogP contribution < -0.4 is 20.7 Å². The molecule has 0 fully saturated rings. The van der Waals surface area contributed by atoms with Crippen molar-refractivity contribution in [3.63, 3.8) is 0 Å². The average molecular weight is 366 g/mol. The molecule has 136 valence electrons. The number of halogens is 3. The van der Waals surface area contributed by atoms with Gasteiger partial charge in [0.15, 0.2) is 0 Å². The number of benzene rings is 1. The second kappa shape index (κ2) is 6.90. The number of hydrogen-bond donors (Lipinski definition) is 3. The summed E-state index contributed by atoms with van der Waals surface area (Å²) in [6.45, 7) is 0.0947. The largest absolute Gasteiger partial charge is 0.573 e. The van der Waals surface area contributed by atoms with E-state index in [2.05, 4.69) is 25.7 Å². The van der Waals surface area contributed by atoms with Crippen molar-refractivity contribution in [2.45, 2.75) is 12.9 Å². The van der Waals surface area contributed by atoms with E-state index in [0.717, 1.165) is 0 Å². The molecule has 2 aromatic rings. The number of aromatic nitrogens is 1. The second-order valence-electron chi connectivity index (χ2n) is 5.40. The van der Waals surface area contributed by atoms with Crippen molar-refractivity contribution in [1.29, 1.82) is 0 Å². The summed E-state index contributed by atoms with van der Waals surface area (Å²) in [6, 6.07) is 6.76. The first-order valence-electron chi connectivity index (χ1n) is 7.47. The molecule has 1 aromatic carbocycles. The van der Waals surface area contributed by atoms with E-state index in [1.54, 1.807) is 6.07 Å². The molecule has 2 amide bonds. The third-order valence-electron chi connectivity index (χ3n) is 3.43. The molecular weight excluding hydrogens is 353 g/mol. The van der Waals surface area contributed by atoms with Crippen LogP contribution in [0.2, 0.25) is 0 Å². The SMILES string of the molecule is O=C1CNc2ncc(C(=O)NCc3cccc(OC(F)(F)F)c3)cc2N1. The van der Waals surface area contributed by atoms with E-state index in [9.17, 15) is 22.8 Å². The van der Waals surface area contributed by atoms with Crippen LogP contribution in [-0.2, 0) is 11.3 Å². The first-order chi connectivity index (χ1) is 12.3. The fraction of sp³-hybridized carbons (Fsp3) is 0.188. The Morgan fingerprint density at radius 2 is 2.12 bits per heavy atom. The Kier molecular flexibility index (Phi) is 4.65. The predicted molar refractivity (Wildman–Crippen MR) is 85.7 cm³/mol. The molecule has 0 radical (unpaired) electrons. The van der Waals surface area contributed by atoms with Crippen molar-refractivity contribution in [3.05, 3.63) is 47.7 Å². The fourth-order valence-corrected chi connectivity index (χ4v) is 2.32. The van der Waals surface area contributed by atoms with Crippen LogP contribution in [0.4, 0.5) is 24.7 Å². The molecule has 0 atom stereocenters. The van der Waals surface area contributed by atoms with Gasteiger partial charge in [0.2, 0.25) is 5.91 Å².